The molecule has 0 radical (unpaired) electrons. The molecule has 3 rings (SSSR count). The Balaban J connectivity index is 1.84. The third-order valence-electron chi connectivity index (χ3n) is 4.25. The molecule has 4 heteroatoms. The molecule has 0 aliphatic heterocycles. The number of hydrogen-bond donors (Lipinski definition) is 1. The highest BCUT2D eigenvalue weighted by molar-refractivity contribution is 5.86. The number of nitrogens with zero attached hydrogens (tertiary/aromatic N) is 2. The van der Waals surface area contributed by atoms with Gasteiger partial charge in [0.05, 0.1) is 11.2 Å². The zero-order valence-electron chi connectivity index (χ0n) is 12.1. The quantitative estimate of drug-likeness (QED) is 0.933. The molecule has 0 saturated heterocycles. The highest BCUT2D eigenvalue weighted by Crippen LogP contribution is 2.22. The number of carbonyl (C=O) groups is 1. The van der Waals surface area contributed by atoms with Gasteiger partial charge in [-0.25, -0.2) is 0 Å². The lowest BCUT2D eigenvalue weighted by Gasteiger charge is -2.17. The summed E-state index contributed by atoms with van der Waals surface area (Å²) in [5.74, 6) is 0.0742. The predicted octanol–water partition coefficient (Wildman–Crippen LogP) is 2.96. The molecule has 1 atom stereocenters. The molecular formula is C16H21N3O. The Labute approximate surface area is 119 Å². The molecule has 1 saturated carbocycles. The minimum atomic E-state index is -0.269. The lowest BCUT2D eigenvalue weighted by Crippen LogP contribution is -2.37. The molecule has 1 aliphatic carbocycles. The van der Waals surface area contributed by atoms with E-state index in [4.69, 9.17) is 0 Å². The number of para-hydroxylation sites is 1. The van der Waals surface area contributed by atoms with Gasteiger partial charge in [-0.15, -0.1) is 0 Å². The first-order valence-electron chi connectivity index (χ1n) is 7.41. The van der Waals surface area contributed by atoms with Crippen LogP contribution >= 0.6 is 0 Å². The Morgan fingerprint density at radius 2 is 2.05 bits per heavy atom. The summed E-state index contributed by atoms with van der Waals surface area (Å²) < 4.78 is 1.84. The van der Waals surface area contributed by atoms with Crippen LogP contribution in [-0.2, 0) is 4.79 Å². The van der Waals surface area contributed by atoms with E-state index in [-0.39, 0.29) is 11.9 Å². The van der Waals surface area contributed by atoms with Crippen molar-refractivity contribution in [3.63, 3.8) is 0 Å². The second kappa shape index (κ2) is 5.27. The van der Waals surface area contributed by atoms with Crippen LogP contribution in [0.5, 0.6) is 0 Å². The summed E-state index contributed by atoms with van der Waals surface area (Å²) in [7, 11) is 0. The standard InChI is InChI=1S/C16H21N3O/c1-11-14-9-5-6-10-15(14)19(18-11)12(2)16(20)17-13-7-3-4-8-13/h5-6,9-10,12-13H,3-4,7-8H2,1-2H3,(H,17,20)/t12-/m0/s1. The molecule has 4 nitrogen and oxygen atoms in total. The summed E-state index contributed by atoms with van der Waals surface area (Å²) in [4.78, 5) is 12.4. The number of aryl methyl sites for hydroxylation is 1. The first-order valence-corrected chi connectivity index (χ1v) is 7.41. The summed E-state index contributed by atoms with van der Waals surface area (Å²) in [6, 6.07) is 8.15. The van der Waals surface area contributed by atoms with E-state index in [1.54, 1.807) is 0 Å². The lowest BCUT2D eigenvalue weighted by atomic mass is 10.2. The predicted molar refractivity (Wildman–Crippen MR) is 79.6 cm³/mol. The van der Waals surface area contributed by atoms with E-state index in [2.05, 4.69) is 16.5 Å². The number of rotatable bonds is 3. The maximum atomic E-state index is 12.4. The van der Waals surface area contributed by atoms with Crippen molar-refractivity contribution in [2.75, 3.05) is 0 Å². The van der Waals surface area contributed by atoms with E-state index in [0.717, 1.165) is 29.4 Å². The molecule has 0 spiro atoms. The van der Waals surface area contributed by atoms with Crippen molar-refractivity contribution in [3.05, 3.63) is 30.0 Å². The summed E-state index contributed by atoms with van der Waals surface area (Å²) in [5.41, 5.74) is 2.00. The van der Waals surface area contributed by atoms with Crippen LogP contribution in [-0.4, -0.2) is 21.7 Å². The number of hydrogen-bond acceptors (Lipinski definition) is 2. The van der Waals surface area contributed by atoms with Crippen molar-refractivity contribution in [2.24, 2.45) is 0 Å². The number of fused-ring (bicyclic) bond motifs is 1. The fourth-order valence-electron chi connectivity index (χ4n) is 3.05. The van der Waals surface area contributed by atoms with Crippen LogP contribution in [0.2, 0.25) is 0 Å². The van der Waals surface area contributed by atoms with Gasteiger partial charge >= 0.3 is 0 Å². The SMILES string of the molecule is Cc1nn([C@@H](C)C(=O)NC2CCCC2)c2ccccc12. The zero-order valence-corrected chi connectivity index (χ0v) is 12.1. The largest absolute Gasteiger partial charge is 0.352 e. The minimum Gasteiger partial charge on any atom is -0.352 e. The highest BCUT2D eigenvalue weighted by Gasteiger charge is 2.23. The van der Waals surface area contributed by atoms with E-state index < -0.39 is 0 Å². The number of aromatic nitrogens is 2. The van der Waals surface area contributed by atoms with Crippen molar-refractivity contribution in [1.29, 1.82) is 0 Å². The molecule has 1 aliphatic rings. The average Bonchev–Trinajstić information content (AvgIpc) is 3.07. The van der Waals surface area contributed by atoms with Gasteiger partial charge in [0.25, 0.3) is 0 Å². The molecule has 0 unspecified atom stereocenters. The topological polar surface area (TPSA) is 46.9 Å². The van der Waals surface area contributed by atoms with Gasteiger partial charge in [-0.2, -0.15) is 5.10 Å². The fourth-order valence-corrected chi connectivity index (χ4v) is 3.05. The molecule has 2 aromatic rings. The minimum absolute atomic E-state index is 0.0742. The summed E-state index contributed by atoms with van der Waals surface area (Å²) in [6.45, 7) is 3.91. The maximum Gasteiger partial charge on any atom is 0.244 e. The highest BCUT2D eigenvalue weighted by atomic mass is 16.2. The molecule has 1 N–H and O–H groups in total. The molecule has 1 fully saturated rings. The van der Waals surface area contributed by atoms with E-state index in [0.29, 0.717) is 6.04 Å². The lowest BCUT2D eigenvalue weighted by molar-refractivity contribution is -0.124. The fraction of sp³-hybridized carbons (Fsp3) is 0.500. The van der Waals surface area contributed by atoms with Gasteiger partial charge in [0.15, 0.2) is 0 Å². The number of nitrogens with one attached hydrogen (secondary N) is 1. The monoisotopic (exact) mass is 271 g/mol. The van der Waals surface area contributed by atoms with Gasteiger partial charge in [0.2, 0.25) is 5.91 Å². The van der Waals surface area contributed by atoms with Crippen LogP contribution in [0.1, 0.15) is 44.3 Å². The summed E-state index contributed by atoms with van der Waals surface area (Å²) >= 11 is 0. The zero-order chi connectivity index (χ0) is 14.1. The van der Waals surface area contributed by atoms with Crippen molar-refractivity contribution in [3.8, 4) is 0 Å². The van der Waals surface area contributed by atoms with Crippen LogP contribution < -0.4 is 5.32 Å². The first-order chi connectivity index (χ1) is 9.66. The molecule has 20 heavy (non-hydrogen) atoms. The van der Waals surface area contributed by atoms with Crippen molar-refractivity contribution in [1.82, 2.24) is 15.1 Å². The van der Waals surface area contributed by atoms with Gasteiger partial charge in [0, 0.05) is 11.4 Å². The van der Waals surface area contributed by atoms with Gasteiger partial charge in [-0.05, 0) is 32.8 Å². The Hall–Kier alpha value is -1.84. The van der Waals surface area contributed by atoms with Crippen molar-refractivity contribution >= 4 is 16.8 Å². The molecule has 1 aromatic heterocycles. The normalized spacial score (nSPS) is 17.5. The number of amides is 1. The third kappa shape index (κ3) is 2.30. The maximum absolute atomic E-state index is 12.4. The van der Waals surface area contributed by atoms with Crippen LogP contribution in [0.15, 0.2) is 24.3 Å². The Morgan fingerprint density at radius 3 is 2.80 bits per heavy atom. The molecule has 1 amide bonds. The van der Waals surface area contributed by atoms with Gasteiger partial charge in [-0.1, -0.05) is 31.0 Å². The Kier molecular flexibility index (Phi) is 3.47. The molecular weight excluding hydrogens is 250 g/mol. The summed E-state index contributed by atoms with van der Waals surface area (Å²) in [5, 5.41) is 8.81. The number of carbonyl (C=O) groups excluding carboxylic acids is 1. The van der Waals surface area contributed by atoms with E-state index in [1.165, 1.54) is 12.8 Å². The van der Waals surface area contributed by atoms with E-state index in [1.807, 2.05) is 36.7 Å². The van der Waals surface area contributed by atoms with Crippen LogP contribution in [0, 0.1) is 6.92 Å². The Bertz CT molecular complexity index is 626. The van der Waals surface area contributed by atoms with Crippen LogP contribution in [0.25, 0.3) is 10.9 Å². The first kappa shape index (κ1) is 13.2. The molecule has 1 heterocycles. The second-order valence-electron chi connectivity index (χ2n) is 5.71. The average molecular weight is 271 g/mol. The summed E-state index contributed by atoms with van der Waals surface area (Å²) in [6.07, 6.45) is 4.67. The van der Waals surface area contributed by atoms with E-state index in [9.17, 15) is 4.79 Å². The molecule has 1 aromatic carbocycles. The van der Waals surface area contributed by atoms with Crippen molar-refractivity contribution < 1.29 is 4.79 Å². The van der Waals surface area contributed by atoms with Gasteiger partial charge in [-0.3, -0.25) is 9.48 Å². The number of benzene rings is 1. The molecule has 0 bridgehead atoms. The Morgan fingerprint density at radius 1 is 1.35 bits per heavy atom. The van der Waals surface area contributed by atoms with Gasteiger partial charge in [0.1, 0.15) is 6.04 Å². The van der Waals surface area contributed by atoms with E-state index >= 15 is 0 Å². The third-order valence-corrected chi connectivity index (χ3v) is 4.25. The van der Waals surface area contributed by atoms with Crippen molar-refractivity contribution in [2.45, 2.75) is 51.6 Å². The van der Waals surface area contributed by atoms with Gasteiger partial charge < -0.3 is 5.32 Å². The smallest absolute Gasteiger partial charge is 0.244 e. The second-order valence-corrected chi connectivity index (χ2v) is 5.71. The molecule has 106 valence electrons. The van der Waals surface area contributed by atoms with Crippen LogP contribution in [0.3, 0.4) is 0 Å². The van der Waals surface area contributed by atoms with Crippen LogP contribution in [0.4, 0.5) is 0 Å².